The number of imidazole rings is 1. The monoisotopic (exact) mass is 322 g/mol. The molecular weight excluding hydrogens is 307 g/mol. The number of methoxy groups -OCH3 is 1. The lowest BCUT2D eigenvalue weighted by Gasteiger charge is -2.17. The third-order valence-electron chi connectivity index (χ3n) is 3.19. The molecule has 0 atom stereocenters. The molecule has 1 aromatic carbocycles. The highest BCUT2D eigenvalue weighted by Gasteiger charge is 2.15. The Morgan fingerprint density at radius 2 is 2.26 bits per heavy atom. The molecule has 0 saturated heterocycles. The fourth-order valence-electron chi connectivity index (χ4n) is 1.98. The van der Waals surface area contributed by atoms with E-state index in [4.69, 9.17) is 4.74 Å². The largest absolute Gasteiger partial charge is 0.494 e. The highest BCUT2D eigenvalue weighted by atomic mass is 19.1. The van der Waals surface area contributed by atoms with Crippen molar-refractivity contribution in [2.45, 2.75) is 13.1 Å². The zero-order valence-electron chi connectivity index (χ0n) is 12.6. The number of halogens is 1. The van der Waals surface area contributed by atoms with E-state index in [1.54, 1.807) is 13.1 Å². The van der Waals surface area contributed by atoms with E-state index in [1.807, 2.05) is 0 Å². The van der Waals surface area contributed by atoms with E-state index < -0.39 is 10.7 Å². The number of benzene rings is 1. The van der Waals surface area contributed by atoms with Gasteiger partial charge in [-0.25, -0.2) is 4.39 Å². The van der Waals surface area contributed by atoms with E-state index in [0.29, 0.717) is 5.56 Å². The number of likely N-dealkylation sites (N-methyl/N-ethyl adjacent to an activating group) is 1. The first-order valence-corrected chi connectivity index (χ1v) is 6.63. The van der Waals surface area contributed by atoms with Gasteiger partial charge in [0.25, 0.3) is 0 Å². The van der Waals surface area contributed by atoms with Gasteiger partial charge in [0.2, 0.25) is 12.2 Å². The molecule has 0 fully saturated rings. The van der Waals surface area contributed by atoms with E-state index in [1.165, 1.54) is 41.2 Å². The van der Waals surface area contributed by atoms with Crippen molar-refractivity contribution in [1.82, 2.24) is 14.5 Å². The molecule has 1 amide bonds. The SMILES string of the molecule is COc1ccc(CN(C)C(=O)Cn2cnc([N+](=O)[O-])c2)cc1F. The molecule has 2 aromatic rings. The van der Waals surface area contributed by atoms with E-state index >= 15 is 0 Å². The minimum absolute atomic E-state index is 0.0873. The van der Waals surface area contributed by atoms with Gasteiger partial charge in [0, 0.05) is 13.6 Å². The van der Waals surface area contributed by atoms with Gasteiger partial charge in [-0.1, -0.05) is 6.07 Å². The average Bonchev–Trinajstić information content (AvgIpc) is 2.96. The molecule has 23 heavy (non-hydrogen) atoms. The van der Waals surface area contributed by atoms with E-state index in [-0.39, 0.29) is 30.6 Å². The first-order valence-electron chi connectivity index (χ1n) is 6.63. The summed E-state index contributed by atoms with van der Waals surface area (Å²) in [5.74, 6) is -0.976. The molecule has 0 radical (unpaired) electrons. The number of nitrogens with zero attached hydrogens (tertiary/aromatic N) is 4. The summed E-state index contributed by atoms with van der Waals surface area (Å²) in [7, 11) is 2.94. The molecule has 0 spiro atoms. The molecule has 2 rings (SSSR count). The summed E-state index contributed by atoms with van der Waals surface area (Å²) in [5.41, 5.74) is 0.607. The molecule has 0 aliphatic heterocycles. The molecule has 0 unspecified atom stereocenters. The van der Waals surface area contributed by atoms with Gasteiger partial charge in [0.1, 0.15) is 12.7 Å². The molecule has 0 saturated carbocycles. The molecule has 8 nitrogen and oxygen atoms in total. The number of aromatic nitrogens is 2. The molecule has 1 aromatic heterocycles. The van der Waals surface area contributed by atoms with E-state index in [9.17, 15) is 19.3 Å². The van der Waals surface area contributed by atoms with Crippen molar-refractivity contribution in [3.63, 3.8) is 0 Å². The van der Waals surface area contributed by atoms with Crippen molar-refractivity contribution >= 4 is 11.7 Å². The minimum Gasteiger partial charge on any atom is -0.494 e. The van der Waals surface area contributed by atoms with Crippen molar-refractivity contribution in [3.05, 3.63) is 52.2 Å². The van der Waals surface area contributed by atoms with Crippen LogP contribution < -0.4 is 4.74 Å². The maximum absolute atomic E-state index is 13.6. The Hall–Kier alpha value is -2.97. The number of ether oxygens (including phenoxy) is 1. The first-order chi connectivity index (χ1) is 10.9. The fourth-order valence-corrected chi connectivity index (χ4v) is 1.98. The maximum Gasteiger partial charge on any atom is 0.381 e. The van der Waals surface area contributed by atoms with Crippen LogP contribution in [-0.4, -0.2) is 39.4 Å². The smallest absolute Gasteiger partial charge is 0.381 e. The van der Waals surface area contributed by atoms with Crippen molar-refractivity contribution < 1.29 is 18.8 Å². The van der Waals surface area contributed by atoms with Crippen molar-refractivity contribution in [2.75, 3.05) is 14.2 Å². The van der Waals surface area contributed by atoms with Crippen LogP contribution in [0.1, 0.15) is 5.56 Å². The second-order valence-corrected chi connectivity index (χ2v) is 4.88. The molecule has 0 aliphatic rings. The summed E-state index contributed by atoms with van der Waals surface area (Å²) >= 11 is 0. The Bertz CT molecular complexity index is 731. The molecule has 1 heterocycles. The van der Waals surface area contributed by atoms with Crippen molar-refractivity contribution in [2.24, 2.45) is 0 Å². The number of hydrogen-bond acceptors (Lipinski definition) is 5. The van der Waals surface area contributed by atoms with Gasteiger partial charge < -0.3 is 24.3 Å². The van der Waals surface area contributed by atoms with E-state index in [0.717, 1.165) is 0 Å². The Morgan fingerprint density at radius 1 is 1.52 bits per heavy atom. The highest BCUT2D eigenvalue weighted by molar-refractivity contribution is 5.75. The quantitative estimate of drug-likeness (QED) is 0.595. The fraction of sp³-hybridized carbons (Fsp3) is 0.286. The summed E-state index contributed by atoms with van der Waals surface area (Å²) in [6.45, 7) is 0.118. The lowest BCUT2D eigenvalue weighted by molar-refractivity contribution is -0.389. The van der Waals surface area contributed by atoms with Crippen LogP contribution in [0.15, 0.2) is 30.7 Å². The molecule has 9 heteroatoms. The standard InChI is InChI=1S/C14H15FN4O4/c1-17(6-10-3-4-12(23-2)11(15)5-10)14(20)8-18-7-13(16-9-18)19(21)22/h3-5,7,9H,6,8H2,1-2H3. The van der Waals surface area contributed by atoms with Gasteiger partial charge in [-0.05, 0) is 27.6 Å². The van der Waals surface area contributed by atoms with Gasteiger partial charge in [0.05, 0.1) is 7.11 Å². The van der Waals surface area contributed by atoms with Crippen LogP contribution in [0.4, 0.5) is 10.2 Å². The molecule has 0 aliphatic carbocycles. The highest BCUT2D eigenvalue weighted by Crippen LogP contribution is 2.18. The number of hydrogen-bond donors (Lipinski definition) is 0. The summed E-state index contributed by atoms with van der Waals surface area (Å²) in [5, 5.41) is 10.5. The summed E-state index contributed by atoms with van der Waals surface area (Å²) < 4.78 is 19.8. The molecule has 122 valence electrons. The molecule has 0 bridgehead atoms. The van der Waals surface area contributed by atoms with Crippen LogP contribution in [-0.2, 0) is 17.9 Å². The Kier molecular flexibility index (Phi) is 4.89. The number of nitro groups is 1. The van der Waals surface area contributed by atoms with Gasteiger partial charge in [-0.2, -0.15) is 0 Å². The number of carbonyl (C=O) groups excluding carboxylic acids is 1. The van der Waals surface area contributed by atoms with Crippen LogP contribution in [0.25, 0.3) is 0 Å². The van der Waals surface area contributed by atoms with Crippen LogP contribution in [0.3, 0.4) is 0 Å². The first kappa shape index (κ1) is 16.4. The van der Waals surface area contributed by atoms with Crippen LogP contribution in [0.2, 0.25) is 0 Å². The topological polar surface area (TPSA) is 90.5 Å². The normalized spacial score (nSPS) is 10.4. The van der Waals surface area contributed by atoms with Gasteiger partial charge in [-0.3, -0.25) is 4.79 Å². The third-order valence-corrected chi connectivity index (χ3v) is 3.19. The molecular formula is C14H15FN4O4. The van der Waals surface area contributed by atoms with Gasteiger partial charge in [-0.15, -0.1) is 0 Å². The van der Waals surface area contributed by atoms with Gasteiger partial charge in [0.15, 0.2) is 11.6 Å². The van der Waals surface area contributed by atoms with Gasteiger partial charge >= 0.3 is 5.82 Å². The number of carbonyl (C=O) groups is 1. The van der Waals surface area contributed by atoms with Crippen LogP contribution >= 0.6 is 0 Å². The van der Waals surface area contributed by atoms with Crippen molar-refractivity contribution in [3.8, 4) is 5.75 Å². The third kappa shape index (κ3) is 4.02. The Balaban J connectivity index is 1.99. The zero-order valence-corrected chi connectivity index (χ0v) is 12.6. The Labute approximate surface area is 131 Å². The van der Waals surface area contributed by atoms with Crippen LogP contribution in [0.5, 0.6) is 5.75 Å². The average molecular weight is 322 g/mol. The molecule has 0 N–H and O–H groups in total. The van der Waals surface area contributed by atoms with E-state index in [2.05, 4.69) is 4.98 Å². The lowest BCUT2D eigenvalue weighted by atomic mass is 10.2. The summed E-state index contributed by atoms with van der Waals surface area (Å²) in [6, 6.07) is 4.45. The minimum atomic E-state index is -0.634. The second kappa shape index (κ2) is 6.86. The summed E-state index contributed by atoms with van der Waals surface area (Å²) in [6.07, 6.45) is 2.40. The predicted molar refractivity (Wildman–Crippen MR) is 78.3 cm³/mol. The lowest BCUT2D eigenvalue weighted by Crippen LogP contribution is -2.29. The maximum atomic E-state index is 13.6. The number of amides is 1. The second-order valence-electron chi connectivity index (χ2n) is 4.88. The predicted octanol–water partition coefficient (Wildman–Crippen LogP) is 1.60. The number of rotatable bonds is 6. The van der Waals surface area contributed by atoms with Crippen molar-refractivity contribution in [1.29, 1.82) is 0 Å². The van der Waals surface area contributed by atoms with Crippen LogP contribution in [0, 0.1) is 15.9 Å². The Morgan fingerprint density at radius 3 is 2.83 bits per heavy atom. The summed E-state index contributed by atoms with van der Waals surface area (Å²) in [4.78, 5) is 27.0. The zero-order chi connectivity index (χ0) is 17.0.